The molecule has 2 N–H and O–H groups in total. The molecule has 4 heterocycles. The summed E-state index contributed by atoms with van der Waals surface area (Å²) in [5.41, 5.74) is 0.224. The molecule has 1 unspecified atom stereocenters. The first-order chi connectivity index (χ1) is 19.9. The van der Waals surface area contributed by atoms with Gasteiger partial charge >= 0.3 is 6.18 Å². The van der Waals surface area contributed by atoms with Gasteiger partial charge in [0.15, 0.2) is 11.4 Å². The number of ether oxygens (including phenoxy) is 1. The van der Waals surface area contributed by atoms with Crippen LogP contribution < -0.4 is 10.1 Å². The number of benzene rings is 1. The molecular formula is C27H26F3N5O6S. The Labute approximate surface area is 241 Å². The van der Waals surface area contributed by atoms with Crippen LogP contribution in [-0.4, -0.2) is 76.4 Å². The molecule has 11 nitrogen and oxygen atoms in total. The fraction of sp³-hybridized carbons (Fsp3) is 0.296. The number of fused-ring (bicyclic) bond motifs is 3. The van der Waals surface area contributed by atoms with Gasteiger partial charge in [-0.15, -0.1) is 11.3 Å². The maximum Gasteiger partial charge on any atom is 0.434 e. The number of pyridine rings is 1. The highest BCUT2D eigenvalue weighted by atomic mass is 32.1. The number of rotatable bonds is 6. The van der Waals surface area contributed by atoms with Crippen molar-refractivity contribution in [1.29, 1.82) is 0 Å². The number of likely N-dealkylation sites (N-methyl/N-ethyl adjacent to an activating group) is 1. The first-order valence-corrected chi connectivity index (χ1v) is 13.3. The van der Waals surface area contributed by atoms with Gasteiger partial charge in [-0.2, -0.15) is 13.2 Å². The number of hydrogen-bond donors (Lipinski definition) is 2. The average molecular weight is 606 g/mol. The lowest BCUT2D eigenvalue weighted by atomic mass is 10.1. The molecule has 0 radical (unpaired) electrons. The van der Waals surface area contributed by atoms with Crippen LogP contribution >= 0.6 is 11.3 Å². The summed E-state index contributed by atoms with van der Waals surface area (Å²) in [7, 11) is 3.20. The molecule has 4 aromatic rings. The quantitative estimate of drug-likeness (QED) is 0.316. The van der Waals surface area contributed by atoms with E-state index in [1.807, 2.05) is 0 Å². The van der Waals surface area contributed by atoms with Crippen LogP contribution in [-0.2, 0) is 22.3 Å². The van der Waals surface area contributed by atoms with Crippen molar-refractivity contribution < 1.29 is 41.8 Å². The Morgan fingerprint density at radius 1 is 1.31 bits per heavy atom. The highest BCUT2D eigenvalue weighted by Crippen LogP contribution is 2.39. The number of halogens is 3. The summed E-state index contributed by atoms with van der Waals surface area (Å²) < 4.78 is 50.1. The van der Waals surface area contributed by atoms with Crippen molar-refractivity contribution in [2.24, 2.45) is 0 Å². The van der Waals surface area contributed by atoms with E-state index in [4.69, 9.17) is 14.3 Å². The van der Waals surface area contributed by atoms with Gasteiger partial charge in [-0.1, -0.05) is 6.07 Å². The second-order valence-corrected chi connectivity index (χ2v) is 10.2. The summed E-state index contributed by atoms with van der Waals surface area (Å²) >= 11 is 0.866. The fourth-order valence-corrected chi connectivity index (χ4v) is 4.69. The first kappa shape index (κ1) is 30.3. The molecule has 3 aromatic heterocycles. The number of aromatic nitrogens is 2. The smallest absolute Gasteiger partial charge is 0.434 e. The van der Waals surface area contributed by atoms with Crippen molar-refractivity contribution in [3.63, 3.8) is 0 Å². The number of nitrogens with zero attached hydrogens (tertiary/aromatic N) is 4. The maximum absolute atomic E-state index is 13.1. The molecule has 0 saturated carbocycles. The first-order valence-electron chi connectivity index (χ1n) is 12.4. The Bertz CT molecular complexity index is 1600. The number of carbonyl (C=O) groups is 3. The largest absolute Gasteiger partial charge is 0.506 e. The predicted octanol–water partition coefficient (Wildman–Crippen LogP) is 3.92. The lowest BCUT2D eigenvalue weighted by Gasteiger charge is -2.26. The van der Waals surface area contributed by atoms with E-state index in [9.17, 15) is 27.6 Å². The van der Waals surface area contributed by atoms with Crippen LogP contribution in [0.5, 0.6) is 11.5 Å². The molecule has 0 spiro atoms. The van der Waals surface area contributed by atoms with Gasteiger partial charge in [0.05, 0.1) is 18.0 Å². The number of amides is 3. The number of aromatic hydroxyl groups is 1. The molecule has 5 rings (SSSR count). The predicted molar refractivity (Wildman–Crippen MR) is 146 cm³/mol. The molecule has 15 heteroatoms. The summed E-state index contributed by atoms with van der Waals surface area (Å²) in [6, 6.07) is 7.55. The van der Waals surface area contributed by atoms with Gasteiger partial charge in [0.1, 0.15) is 35.2 Å². The normalized spacial score (nSPS) is 14.8. The van der Waals surface area contributed by atoms with E-state index >= 15 is 0 Å². The molecule has 1 aliphatic heterocycles. The monoisotopic (exact) mass is 605 g/mol. The van der Waals surface area contributed by atoms with Gasteiger partial charge in [-0.05, 0) is 31.2 Å². The second kappa shape index (κ2) is 12.5. The summed E-state index contributed by atoms with van der Waals surface area (Å²) in [5, 5.41) is 13.2. The number of carbonyl (C=O) groups excluding carboxylic acids is 3. The van der Waals surface area contributed by atoms with E-state index < -0.39 is 17.8 Å². The minimum Gasteiger partial charge on any atom is -0.506 e. The van der Waals surface area contributed by atoms with E-state index in [2.05, 4.69) is 15.3 Å². The minimum absolute atomic E-state index is 0.0434. The zero-order valence-electron chi connectivity index (χ0n) is 22.6. The van der Waals surface area contributed by atoms with Crippen LogP contribution in [0.15, 0.2) is 46.3 Å². The molecule has 0 saturated heterocycles. The number of furan rings is 1. The Hall–Kier alpha value is -4.66. The Kier molecular flexibility index (Phi) is 8.99. The van der Waals surface area contributed by atoms with E-state index in [0.717, 1.165) is 16.7 Å². The molecule has 1 atom stereocenters. The fourth-order valence-electron chi connectivity index (χ4n) is 3.87. The van der Waals surface area contributed by atoms with Crippen molar-refractivity contribution in [1.82, 2.24) is 25.1 Å². The van der Waals surface area contributed by atoms with Gasteiger partial charge in [-0.3, -0.25) is 19.4 Å². The van der Waals surface area contributed by atoms with Crippen LogP contribution in [0, 0.1) is 0 Å². The van der Waals surface area contributed by atoms with Gasteiger partial charge in [0.2, 0.25) is 18.1 Å². The third-order valence-electron chi connectivity index (χ3n) is 6.17. The van der Waals surface area contributed by atoms with Gasteiger partial charge in [-0.25, -0.2) is 4.98 Å². The van der Waals surface area contributed by atoms with Crippen molar-refractivity contribution in [3.8, 4) is 22.1 Å². The van der Waals surface area contributed by atoms with Crippen LogP contribution in [0.2, 0.25) is 0 Å². The van der Waals surface area contributed by atoms with Crippen molar-refractivity contribution in [3.05, 3.63) is 59.1 Å². The molecule has 222 valence electrons. The van der Waals surface area contributed by atoms with E-state index in [0.29, 0.717) is 23.1 Å². The van der Waals surface area contributed by atoms with Crippen LogP contribution in [0.25, 0.3) is 21.5 Å². The SMILES string of the molecule is CC1COc2c(oc3cc(-c4nc(C(F)(F)F)cs4)ccc23)C(=O)N1CC(=O)N(C)C.O=CNCc1ncccc1O. The van der Waals surface area contributed by atoms with Gasteiger partial charge in [0, 0.05) is 31.2 Å². The molecule has 0 bridgehead atoms. The van der Waals surface area contributed by atoms with Gasteiger partial charge < -0.3 is 29.4 Å². The number of nitrogens with one attached hydrogen (secondary N) is 1. The van der Waals surface area contributed by atoms with E-state index in [-0.39, 0.29) is 59.5 Å². The van der Waals surface area contributed by atoms with Crippen molar-refractivity contribution in [2.75, 3.05) is 27.2 Å². The molecular weight excluding hydrogens is 579 g/mol. The van der Waals surface area contributed by atoms with Crippen molar-refractivity contribution >= 4 is 40.5 Å². The lowest BCUT2D eigenvalue weighted by molar-refractivity contribution is -0.140. The van der Waals surface area contributed by atoms with Crippen LogP contribution in [0.4, 0.5) is 13.2 Å². The number of alkyl halides is 3. The molecule has 3 amide bonds. The topological polar surface area (TPSA) is 138 Å². The lowest BCUT2D eigenvalue weighted by Crippen LogP contribution is -2.45. The summed E-state index contributed by atoms with van der Waals surface area (Å²) in [5.74, 6) is -0.416. The Morgan fingerprint density at radius 3 is 2.71 bits per heavy atom. The molecule has 1 aromatic carbocycles. The Morgan fingerprint density at radius 2 is 2.07 bits per heavy atom. The number of thiazole rings is 1. The molecule has 0 fully saturated rings. The summed E-state index contributed by atoms with van der Waals surface area (Å²) in [6.07, 6.45) is -2.40. The van der Waals surface area contributed by atoms with Gasteiger partial charge in [0.25, 0.3) is 5.91 Å². The number of hydrogen-bond acceptors (Lipinski definition) is 9. The average Bonchev–Trinajstić information content (AvgIpc) is 3.57. The standard InChI is InChI=1S/C20H18F3N3O4S.C7H8N2O2/c1-10-8-29-16-12-5-4-11(18-24-14(9-31-18)20(21,22)23)6-13(12)30-17(16)19(28)26(10)7-15(27)25(2)3;10-5-8-4-6-7(11)2-1-3-9-6/h4-6,9-10H,7-8H2,1-3H3;1-3,5,11H,4H2,(H,8,10). The van der Waals surface area contributed by atoms with E-state index in [1.165, 1.54) is 21.9 Å². The molecule has 0 aliphatic carbocycles. The van der Waals surface area contributed by atoms with Crippen LogP contribution in [0.1, 0.15) is 28.9 Å². The molecule has 42 heavy (non-hydrogen) atoms. The maximum atomic E-state index is 13.1. The molecule has 1 aliphatic rings. The van der Waals surface area contributed by atoms with Crippen molar-refractivity contribution in [2.45, 2.75) is 25.7 Å². The van der Waals surface area contributed by atoms with E-state index in [1.54, 1.807) is 45.4 Å². The third kappa shape index (κ3) is 6.62. The zero-order valence-corrected chi connectivity index (χ0v) is 23.5. The third-order valence-corrected chi connectivity index (χ3v) is 7.06. The minimum atomic E-state index is -4.52. The summed E-state index contributed by atoms with van der Waals surface area (Å²) in [6.45, 7) is 2.07. The zero-order chi connectivity index (χ0) is 30.6. The van der Waals surface area contributed by atoms with Crippen LogP contribution in [0.3, 0.4) is 0 Å². The second-order valence-electron chi connectivity index (χ2n) is 9.36. The summed E-state index contributed by atoms with van der Waals surface area (Å²) in [4.78, 5) is 45.4. The highest BCUT2D eigenvalue weighted by Gasteiger charge is 2.36. The Balaban J connectivity index is 0.000000310. The highest BCUT2D eigenvalue weighted by molar-refractivity contribution is 7.13.